The lowest BCUT2D eigenvalue weighted by atomic mass is 10.1. The van der Waals surface area contributed by atoms with E-state index in [1.54, 1.807) is 17.0 Å². The number of carbonyl (C=O) groups excluding carboxylic acids is 1. The second kappa shape index (κ2) is 7.71. The van der Waals surface area contributed by atoms with Gasteiger partial charge in [0.05, 0.1) is 17.8 Å². The minimum atomic E-state index is -0.367. The van der Waals surface area contributed by atoms with Crippen LogP contribution in [0.4, 0.5) is 10.1 Å². The minimum Gasteiger partial charge on any atom is -0.303 e. The van der Waals surface area contributed by atoms with Gasteiger partial charge in [-0.15, -0.1) is 5.10 Å². The Balaban J connectivity index is 1.49. The Kier molecular flexibility index (Phi) is 4.63. The van der Waals surface area contributed by atoms with Crippen LogP contribution in [0.3, 0.4) is 0 Å². The molecule has 6 rings (SSSR count). The Morgan fingerprint density at radius 2 is 1.76 bits per heavy atom. The monoisotopic (exact) mass is 468 g/mol. The number of amides is 1. The number of halogens is 1. The Morgan fingerprint density at radius 1 is 0.971 bits per heavy atom. The number of anilines is 1. The molecular formula is C26H17FN4O2S. The second-order valence-corrected chi connectivity index (χ2v) is 9.12. The number of rotatable bonds is 3. The zero-order valence-electron chi connectivity index (χ0n) is 18.0. The lowest BCUT2D eigenvalue weighted by Crippen LogP contribution is -2.32. The highest BCUT2D eigenvalue weighted by atomic mass is 32.1. The fraction of sp³-hybridized carbons (Fsp3) is 0.0769. The van der Waals surface area contributed by atoms with Gasteiger partial charge in [0.1, 0.15) is 10.3 Å². The second-order valence-electron chi connectivity index (χ2n) is 8.15. The van der Waals surface area contributed by atoms with Crippen LogP contribution in [0.5, 0.6) is 0 Å². The van der Waals surface area contributed by atoms with Crippen LogP contribution >= 0.6 is 11.3 Å². The molecule has 1 aliphatic heterocycles. The molecule has 0 atom stereocenters. The van der Waals surface area contributed by atoms with E-state index >= 15 is 0 Å². The van der Waals surface area contributed by atoms with E-state index in [1.165, 1.54) is 16.6 Å². The molecule has 34 heavy (non-hydrogen) atoms. The van der Waals surface area contributed by atoms with Crippen LogP contribution in [-0.2, 0) is 11.3 Å². The standard InChI is InChI=1S/C26H17FN4O2S/c1-15-5-4-6-17(13-15)23-28-26-31(29-23)25(33)22(34-26)21-19-7-2-3-8-20(19)30(24(21)32)14-16-9-11-18(27)12-10-16/h2-13H,14H2,1H3. The first-order chi connectivity index (χ1) is 16.5. The molecule has 0 unspecified atom stereocenters. The summed E-state index contributed by atoms with van der Waals surface area (Å²) in [6, 6.07) is 21.2. The molecular weight excluding hydrogens is 451 g/mol. The van der Waals surface area contributed by atoms with Crippen molar-refractivity contribution in [2.45, 2.75) is 13.5 Å². The lowest BCUT2D eigenvalue weighted by molar-refractivity contribution is -0.113. The van der Waals surface area contributed by atoms with Crippen molar-refractivity contribution in [3.05, 3.63) is 110 Å². The molecule has 2 aromatic heterocycles. The highest BCUT2D eigenvalue weighted by Gasteiger charge is 2.34. The summed E-state index contributed by atoms with van der Waals surface area (Å²) in [4.78, 5) is 33.5. The molecule has 0 saturated carbocycles. The Labute approximate surface area is 197 Å². The average Bonchev–Trinajstić information content (AvgIpc) is 3.47. The van der Waals surface area contributed by atoms with Gasteiger partial charge in [-0.3, -0.25) is 9.59 Å². The molecule has 0 saturated heterocycles. The number of carbonyl (C=O) groups is 1. The smallest absolute Gasteiger partial charge is 0.291 e. The molecule has 5 aromatic rings. The molecule has 8 heteroatoms. The topological polar surface area (TPSA) is 67.6 Å². The van der Waals surface area contributed by atoms with Crippen molar-refractivity contribution in [3.8, 4) is 11.4 Å². The summed E-state index contributed by atoms with van der Waals surface area (Å²) >= 11 is 1.16. The van der Waals surface area contributed by atoms with Gasteiger partial charge in [0.25, 0.3) is 11.5 Å². The summed E-state index contributed by atoms with van der Waals surface area (Å²) in [7, 11) is 0. The Morgan fingerprint density at radius 3 is 2.53 bits per heavy atom. The van der Waals surface area contributed by atoms with Gasteiger partial charge in [-0.2, -0.15) is 9.50 Å². The van der Waals surface area contributed by atoms with Crippen molar-refractivity contribution >= 4 is 33.5 Å². The molecule has 6 nitrogen and oxygen atoms in total. The number of fused-ring (bicyclic) bond motifs is 2. The van der Waals surface area contributed by atoms with Crippen LogP contribution in [-0.4, -0.2) is 20.5 Å². The molecule has 3 heterocycles. The number of thiazole rings is 1. The summed E-state index contributed by atoms with van der Waals surface area (Å²) in [6.07, 6.45) is 0. The Bertz CT molecular complexity index is 1710. The van der Waals surface area contributed by atoms with Gasteiger partial charge in [0, 0.05) is 11.1 Å². The maximum atomic E-state index is 13.5. The fourth-order valence-corrected chi connectivity index (χ4v) is 5.22. The van der Waals surface area contributed by atoms with Crippen molar-refractivity contribution in [3.63, 3.8) is 0 Å². The molecule has 0 aliphatic carbocycles. The van der Waals surface area contributed by atoms with Crippen LogP contribution < -0.4 is 15.0 Å². The molecule has 0 fully saturated rings. The summed E-state index contributed by atoms with van der Waals surface area (Å²) in [5, 5.41) is 4.42. The quantitative estimate of drug-likeness (QED) is 0.405. The zero-order valence-corrected chi connectivity index (χ0v) is 18.8. The molecule has 0 spiro atoms. The average molecular weight is 469 g/mol. The van der Waals surface area contributed by atoms with Gasteiger partial charge >= 0.3 is 0 Å². The van der Waals surface area contributed by atoms with E-state index in [1.807, 2.05) is 55.5 Å². The molecule has 1 amide bonds. The van der Waals surface area contributed by atoms with Crippen LogP contribution in [0, 0.1) is 12.7 Å². The number of nitrogens with zero attached hydrogens (tertiary/aromatic N) is 4. The van der Waals surface area contributed by atoms with Gasteiger partial charge < -0.3 is 4.90 Å². The predicted molar refractivity (Wildman–Crippen MR) is 129 cm³/mol. The zero-order chi connectivity index (χ0) is 23.4. The number of aromatic nitrogens is 3. The minimum absolute atomic E-state index is 0.270. The summed E-state index contributed by atoms with van der Waals surface area (Å²) in [5.41, 5.74) is 4.07. The molecule has 3 aromatic carbocycles. The number of para-hydroxylation sites is 1. The van der Waals surface area contributed by atoms with Crippen molar-refractivity contribution in [2.75, 3.05) is 4.90 Å². The first-order valence-corrected chi connectivity index (χ1v) is 11.5. The van der Waals surface area contributed by atoms with Crippen molar-refractivity contribution in [1.82, 2.24) is 14.6 Å². The normalized spacial score (nSPS) is 14.8. The molecule has 0 radical (unpaired) electrons. The number of hydrogen-bond donors (Lipinski definition) is 0. The highest BCUT2D eigenvalue weighted by Crippen LogP contribution is 2.36. The van der Waals surface area contributed by atoms with Crippen LogP contribution in [0.25, 0.3) is 21.9 Å². The SMILES string of the molecule is Cc1cccc(-c2nc3sc(=C4C(=O)N(Cc5ccc(F)cc5)c5ccccc54)c(=O)n3n2)c1. The maximum absolute atomic E-state index is 13.5. The van der Waals surface area contributed by atoms with Gasteiger partial charge in [-0.1, -0.05) is 65.4 Å². The molecule has 1 aliphatic rings. The molecule has 166 valence electrons. The van der Waals surface area contributed by atoms with E-state index < -0.39 is 0 Å². The van der Waals surface area contributed by atoms with Gasteiger partial charge in [-0.05, 0) is 36.8 Å². The predicted octanol–water partition coefficient (Wildman–Crippen LogP) is 3.73. The first kappa shape index (κ1) is 20.4. The third-order valence-corrected chi connectivity index (χ3v) is 6.87. The molecule has 0 bridgehead atoms. The first-order valence-electron chi connectivity index (χ1n) is 10.7. The van der Waals surface area contributed by atoms with Crippen LogP contribution in [0.1, 0.15) is 16.7 Å². The van der Waals surface area contributed by atoms with Gasteiger partial charge in [-0.25, -0.2) is 4.39 Å². The summed E-state index contributed by atoms with van der Waals surface area (Å²) in [5.74, 6) is -0.134. The Hall–Kier alpha value is -4.17. The third kappa shape index (κ3) is 3.22. The summed E-state index contributed by atoms with van der Waals surface area (Å²) in [6.45, 7) is 2.25. The van der Waals surface area contributed by atoms with Crippen molar-refractivity contribution < 1.29 is 9.18 Å². The van der Waals surface area contributed by atoms with Gasteiger partial charge in [0.2, 0.25) is 4.96 Å². The van der Waals surface area contributed by atoms with E-state index in [0.717, 1.165) is 28.0 Å². The number of aryl methyl sites for hydroxylation is 1. The lowest BCUT2D eigenvalue weighted by Gasteiger charge is -2.17. The van der Waals surface area contributed by atoms with Crippen molar-refractivity contribution in [2.24, 2.45) is 0 Å². The summed E-state index contributed by atoms with van der Waals surface area (Å²) < 4.78 is 14.9. The number of benzene rings is 3. The third-order valence-electron chi connectivity index (χ3n) is 5.84. The van der Waals surface area contributed by atoms with Crippen LogP contribution in [0.15, 0.2) is 77.6 Å². The van der Waals surface area contributed by atoms with E-state index in [0.29, 0.717) is 32.1 Å². The van der Waals surface area contributed by atoms with E-state index in [-0.39, 0.29) is 23.8 Å². The largest absolute Gasteiger partial charge is 0.303 e. The molecule has 0 N–H and O–H groups in total. The number of hydrogen-bond acceptors (Lipinski definition) is 5. The van der Waals surface area contributed by atoms with E-state index in [2.05, 4.69) is 10.1 Å². The van der Waals surface area contributed by atoms with E-state index in [9.17, 15) is 14.0 Å². The fourth-order valence-electron chi connectivity index (χ4n) is 4.22. The highest BCUT2D eigenvalue weighted by molar-refractivity contribution is 7.15. The maximum Gasteiger partial charge on any atom is 0.291 e. The van der Waals surface area contributed by atoms with Crippen LogP contribution in [0.2, 0.25) is 0 Å². The van der Waals surface area contributed by atoms with E-state index in [4.69, 9.17) is 0 Å². The van der Waals surface area contributed by atoms with Crippen molar-refractivity contribution in [1.29, 1.82) is 0 Å². The van der Waals surface area contributed by atoms with Gasteiger partial charge in [0.15, 0.2) is 5.82 Å².